The van der Waals surface area contributed by atoms with Crippen molar-refractivity contribution in [1.82, 2.24) is 10.6 Å². The highest BCUT2D eigenvalue weighted by molar-refractivity contribution is 5.79. The summed E-state index contributed by atoms with van der Waals surface area (Å²) in [4.78, 5) is 4.71. The molecule has 2 aromatic carbocycles. The Hall–Kier alpha value is -2.57. The van der Waals surface area contributed by atoms with Gasteiger partial charge in [0.05, 0.1) is 25.9 Å². The van der Waals surface area contributed by atoms with E-state index in [4.69, 9.17) is 14.5 Å². The summed E-state index contributed by atoms with van der Waals surface area (Å²) in [6.45, 7) is 10.0. The normalized spacial score (nSPS) is 17.4. The number of nitrogens with zero attached hydrogens (tertiary/aromatic N) is 1. The van der Waals surface area contributed by atoms with Crippen LogP contribution in [0.4, 0.5) is 0 Å². The van der Waals surface area contributed by atoms with Crippen LogP contribution in [-0.4, -0.2) is 44.0 Å². The van der Waals surface area contributed by atoms with Crippen molar-refractivity contribution in [2.45, 2.75) is 39.8 Å². The van der Waals surface area contributed by atoms with Gasteiger partial charge in [0.1, 0.15) is 5.75 Å². The first-order valence-corrected chi connectivity index (χ1v) is 11.1. The quantitative estimate of drug-likeness (QED) is 0.423. The van der Waals surface area contributed by atoms with Crippen LogP contribution in [-0.2, 0) is 11.3 Å². The molecule has 6 heteroatoms. The Morgan fingerprint density at radius 3 is 2.65 bits per heavy atom. The third kappa shape index (κ3) is 7.26. The maximum atomic E-state index is 10.5. The van der Waals surface area contributed by atoms with E-state index >= 15 is 0 Å². The fourth-order valence-corrected chi connectivity index (χ4v) is 3.45. The van der Waals surface area contributed by atoms with E-state index in [-0.39, 0.29) is 0 Å². The SMILES string of the molecule is CCNC(=NCc1ccc(C)cc1OCC1CCOC1)NCC(O)c1ccc(C)cc1. The van der Waals surface area contributed by atoms with E-state index in [9.17, 15) is 5.11 Å². The Balaban J connectivity index is 1.61. The lowest BCUT2D eigenvalue weighted by atomic mass is 10.1. The summed E-state index contributed by atoms with van der Waals surface area (Å²) in [6.07, 6.45) is 0.452. The van der Waals surface area contributed by atoms with Crippen LogP contribution in [0.1, 0.15) is 41.7 Å². The minimum absolute atomic E-state index is 0.383. The highest BCUT2D eigenvalue weighted by atomic mass is 16.5. The van der Waals surface area contributed by atoms with Crippen molar-refractivity contribution in [3.63, 3.8) is 0 Å². The lowest BCUT2D eigenvalue weighted by Gasteiger charge is -2.17. The van der Waals surface area contributed by atoms with Gasteiger partial charge < -0.3 is 25.2 Å². The van der Waals surface area contributed by atoms with Gasteiger partial charge >= 0.3 is 0 Å². The molecule has 2 aromatic rings. The van der Waals surface area contributed by atoms with E-state index in [2.05, 4.69) is 35.8 Å². The average molecular weight is 426 g/mol. The van der Waals surface area contributed by atoms with Crippen LogP contribution in [0.25, 0.3) is 0 Å². The number of nitrogens with one attached hydrogen (secondary N) is 2. The van der Waals surface area contributed by atoms with Crippen molar-refractivity contribution in [3.8, 4) is 5.75 Å². The minimum atomic E-state index is -0.601. The van der Waals surface area contributed by atoms with E-state index in [0.29, 0.717) is 31.6 Å². The molecule has 2 unspecified atom stereocenters. The van der Waals surface area contributed by atoms with Crippen LogP contribution >= 0.6 is 0 Å². The molecule has 168 valence electrons. The largest absolute Gasteiger partial charge is 0.493 e. The zero-order valence-corrected chi connectivity index (χ0v) is 18.9. The number of benzene rings is 2. The van der Waals surface area contributed by atoms with Gasteiger partial charge in [-0.05, 0) is 44.4 Å². The number of hydrogen-bond donors (Lipinski definition) is 3. The molecule has 1 saturated heterocycles. The zero-order valence-electron chi connectivity index (χ0n) is 18.9. The van der Waals surface area contributed by atoms with Crippen molar-refractivity contribution < 1.29 is 14.6 Å². The number of hydrogen-bond acceptors (Lipinski definition) is 4. The molecule has 0 aliphatic carbocycles. The van der Waals surface area contributed by atoms with Crippen molar-refractivity contribution in [2.75, 3.05) is 32.9 Å². The molecule has 31 heavy (non-hydrogen) atoms. The monoisotopic (exact) mass is 425 g/mol. The molecule has 0 spiro atoms. The maximum absolute atomic E-state index is 10.5. The number of aliphatic hydroxyl groups excluding tert-OH is 1. The molecule has 0 amide bonds. The second-order valence-electron chi connectivity index (χ2n) is 8.15. The van der Waals surface area contributed by atoms with Gasteiger partial charge in [-0.25, -0.2) is 4.99 Å². The van der Waals surface area contributed by atoms with E-state index in [1.807, 2.05) is 38.1 Å². The van der Waals surface area contributed by atoms with Gasteiger partial charge in [0, 0.05) is 31.2 Å². The van der Waals surface area contributed by atoms with Gasteiger partial charge in [-0.1, -0.05) is 42.0 Å². The van der Waals surface area contributed by atoms with Crippen molar-refractivity contribution in [2.24, 2.45) is 10.9 Å². The second-order valence-corrected chi connectivity index (χ2v) is 8.15. The fraction of sp³-hybridized carbons (Fsp3) is 0.480. The van der Waals surface area contributed by atoms with Gasteiger partial charge in [0.2, 0.25) is 0 Å². The summed E-state index contributed by atoms with van der Waals surface area (Å²) in [7, 11) is 0. The summed E-state index contributed by atoms with van der Waals surface area (Å²) in [5.41, 5.74) is 4.27. The second kappa shape index (κ2) is 11.7. The highest BCUT2D eigenvalue weighted by Crippen LogP contribution is 2.23. The smallest absolute Gasteiger partial charge is 0.191 e. The third-order valence-electron chi connectivity index (χ3n) is 5.40. The number of rotatable bonds is 9. The molecule has 1 heterocycles. The van der Waals surface area contributed by atoms with Gasteiger partial charge in [-0.3, -0.25) is 0 Å². The molecule has 6 nitrogen and oxygen atoms in total. The first kappa shape index (κ1) is 23.1. The minimum Gasteiger partial charge on any atom is -0.493 e. The molecule has 1 fully saturated rings. The first-order valence-electron chi connectivity index (χ1n) is 11.1. The number of aliphatic hydroxyl groups is 1. The summed E-state index contributed by atoms with van der Waals surface area (Å²) < 4.78 is 11.6. The van der Waals surface area contributed by atoms with Gasteiger partial charge in [0.25, 0.3) is 0 Å². The van der Waals surface area contributed by atoms with Crippen LogP contribution in [0.5, 0.6) is 5.75 Å². The van der Waals surface area contributed by atoms with E-state index in [0.717, 1.165) is 48.6 Å². The first-order chi connectivity index (χ1) is 15.0. The van der Waals surface area contributed by atoms with Crippen molar-refractivity contribution in [3.05, 3.63) is 64.7 Å². The summed E-state index contributed by atoms with van der Waals surface area (Å²) >= 11 is 0. The van der Waals surface area contributed by atoms with Crippen LogP contribution < -0.4 is 15.4 Å². The lowest BCUT2D eigenvalue weighted by molar-refractivity contribution is 0.166. The maximum Gasteiger partial charge on any atom is 0.191 e. The van der Waals surface area contributed by atoms with E-state index < -0.39 is 6.10 Å². The van der Waals surface area contributed by atoms with Crippen molar-refractivity contribution in [1.29, 1.82) is 0 Å². The molecule has 1 aliphatic heterocycles. The Kier molecular flexibility index (Phi) is 8.74. The standard InChI is InChI=1S/C25H35N3O3/c1-4-26-25(28-15-23(29)21-8-5-18(2)6-9-21)27-14-22-10-7-19(3)13-24(22)31-17-20-11-12-30-16-20/h5-10,13,20,23,29H,4,11-12,14-17H2,1-3H3,(H2,26,27,28). The molecular weight excluding hydrogens is 390 g/mol. The van der Waals surface area contributed by atoms with Crippen LogP contribution in [0.3, 0.4) is 0 Å². The van der Waals surface area contributed by atoms with Crippen molar-refractivity contribution >= 4 is 5.96 Å². The summed E-state index contributed by atoms with van der Waals surface area (Å²) in [5.74, 6) is 2.01. The molecule has 0 saturated carbocycles. The third-order valence-corrected chi connectivity index (χ3v) is 5.40. The average Bonchev–Trinajstić information content (AvgIpc) is 3.29. The molecule has 2 atom stereocenters. The molecule has 0 bridgehead atoms. The van der Waals surface area contributed by atoms with Crippen LogP contribution in [0.15, 0.2) is 47.5 Å². The molecular formula is C25H35N3O3. The Bertz CT molecular complexity index is 846. The highest BCUT2D eigenvalue weighted by Gasteiger charge is 2.17. The molecule has 3 rings (SSSR count). The fourth-order valence-electron chi connectivity index (χ4n) is 3.45. The Morgan fingerprint density at radius 1 is 1.16 bits per heavy atom. The predicted octanol–water partition coefficient (Wildman–Crippen LogP) is 3.51. The number of aliphatic imine (C=N–C) groups is 1. The van der Waals surface area contributed by atoms with E-state index in [1.54, 1.807) is 0 Å². The topological polar surface area (TPSA) is 75.1 Å². The lowest BCUT2D eigenvalue weighted by Crippen LogP contribution is -2.39. The zero-order chi connectivity index (χ0) is 22.1. The Labute approximate surface area is 185 Å². The Morgan fingerprint density at radius 2 is 1.94 bits per heavy atom. The molecule has 3 N–H and O–H groups in total. The summed E-state index contributed by atoms with van der Waals surface area (Å²) in [6, 6.07) is 14.2. The number of aryl methyl sites for hydroxylation is 2. The summed E-state index contributed by atoms with van der Waals surface area (Å²) in [5, 5.41) is 17.0. The van der Waals surface area contributed by atoms with Gasteiger partial charge in [-0.15, -0.1) is 0 Å². The molecule has 1 aliphatic rings. The predicted molar refractivity (Wildman–Crippen MR) is 125 cm³/mol. The van der Waals surface area contributed by atoms with Gasteiger partial charge in [0.15, 0.2) is 5.96 Å². The van der Waals surface area contributed by atoms with E-state index in [1.165, 1.54) is 5.56 Å². The number of ether oxygens (including phenoxy) is 2. The van der Waals surface area contributed by atoms with Gasteiger partial charge in [-0.2, -0.15) is 0 Å². The van der Waals surface area contributed by atoms with Crippen LogP contribution in [0, 0.1) is 19.8 Å². The van der Waals surface area contributed by atoms with Crippen LogP contribution in [0.2, 0.25) is 0 Å². The molecule has 0 radical (unpaired) electrons. The molecule has 0 aromatic heterocycles. The number of guanidine groups is 1.